The number of nitrogens with zero attached hydrogens (tertiary/aromatic N) is 1. The number of nitriles is 1. The Labute approximate surface area is 112 Å². The number of rotatable bonds is 3. The molecule has 0 spiro atoms. The van der Waals surface area contributed by atoms with Crippen molar-refractivity contribution in [2.75, 3.05) is 5.32 Å². The molecule has 2 nitrogen and oxygen atoms in total. The lowest BCUT2D eigenvalue weighted by Crippen LogP contribution is -1.93. The first-order chi connectivity index (χ1) is 8.70. The van der Waals surface area contributed by atoms with Gasteiger partial charge in [0, 0.05) is 16.4 Å². The topological polar surface area (TPSA) is 35.8 Å². The molecule has 0 amide bonds. The molecule has 0 saturated carbocycles. The lowest BCUT2D eigenvalue weighted by atomic mass is 10.1. The lowest BCUT2D eigenvalue weighted by Gasteiger charge is -2.10. The molecule has 0 aliphatic rings. The maximum Gasteiger partial charge on any atom is 0.0669 e. The third-order valence-electron chi connectivity index (χ3n) is 2.78. The molecule has 2 aromatic rings. The second kappa shape index (κ2) is 5.57. The second-order valence-electron chi connectivity index (χ2n) is 4.07. The third kappa shape index (κ3) is 2.82. The van der Waals surface area contributed by atoms with Crippen molar-refractivity contribution in [3.63, 3.8) is 0 Å². The summed E-state index contributed by atoms with van der Waals surface area (Å²) < 4.78 is 0. The van der Waals surface area contributed by atoms with E-state index in [-0.39, 0.29) is 0 Å². The van der Waals surface area contributed by atoms with Crippen LogP contribution < -0.4 is 5.32 Å². The van der Waals surface area contributed by atoms with Gasteiger partial charge in [-0.2, -0.15) is 5.26 Å². The Bertz CT molecular complexity index is 582. The Morgan fingerprint density at radius 2 is 1.89 bits per heavy atom. The van der Waals surface area contributed by atoms with Gasteiger partial charge in [-0.25, -0.2) is 0 Å². The molecule has 0 aliphatic heterocycles. The highest BCUT2D eigenvalue weighted by Gasteiger charge is 2.02. The average Bonchev–Trinajstić information content (AvgIpc) is 2.38. The van der Waals surface area contributed by atoms with Gasteiger partial charge in [0.1, 0.15) is 0 Å². The first-order valence-electron chi connectivity index (χ1n) is 5.69. The maximum absolute atomic E-state index is 8.61. The molecule has 90 valence electrons. The van der Waals surface area contributed by atoms with Gasteiger partial charge in [-0.3, -0.25) is 0 Å². The van der Waals surface area contributed by atoms with E-state index in [1.807, 2.05) is 49.4 Å². The van der Waals surface area contributed by atoms with E-state index in [1.165, 1.54) is 0 Å². The minimum atomic E-state index is 0.441. The normalized spacial score (nSPS) is 9.83. The summed E-state index contributed by atoms with van der Waals surface area (Å²) >= 11 is 6.07. The zero-order valence-electron chi connectivity index (χ0n) is 10.1. The number of halogens is 1. The molecule has 0 fully saturated rings. The Kier molecular flexibility index (Phi) is 3.86. The van der Waals surface area contributed by atoms with Crippen LogP contribution in [0.1, 0.15) is 11.1 Å². The largest absolute Gasteiger partial charge is 0.355 e. The summed E-state index contributed by atoms with van der Waals surface area (Å²) in [5.74, 6) is 0. The smallest absolute Gasteiger partial charge is 0.0669 e. The van der Waals surface area contributed by atoms with E-state index >= 15 is 0 Å². The summed E-state index contributed by atoms with van der Waals surface area (Å²) in [6.07, 6.45) is 0.441. The molecule has 0 aromatic heterocycles. The first-order valence-corrected chi connectivity index (χ1v) is 6.06. The molecular formula is C15H13ClN2. The predicted molar refractivity (Wildman–Crippen MR) is 75.2 cm³/mol. The highest BCUT2D eigenvalue weighted by molar-refractivity contribution is 6.31. The van der Waals surface area contributed by atoms with Gasteiger partial charge >= 0.3 is 0 Å². The van der Waals surface area contributed by atoms with Crippen LogP contribution in [0.2, 0.25) is 5.02 Å². The molecule has 1 N–H and O–H groups in total. The van der Waals surface area contributed by atoms with Crippen molar-refractivity contribution in [2.24, 2.45) is 0 Å². The van der Waals surface area contributed by atoms with Crippen molar-refractivity contribution in [1.29, 1.82) is 5.26 Å². The molecule has 2 aromatic carbocycles. The molecule has 0 saturated heterocycles. The van der Waals surface area contributed by atoms with Gasteiger partial charge < -0.3 is 5.32 Å². The highest BCUT2D eigenvalue weighted by atomic mass is 35.5. The maximum atomic E-state index is 8.61. The van der Waals surface area contributed by atoms with Crippen LogP contribution in [-0.2, 0) is 6.42 Å². The number of anilines is 2. The number of hydrogen-bond acceptors (Lipinski definition) is 2. The second-order valence-corrected chi connectivity index (χ2v) is 4.48. The molecule has 2 rings (SSSR count). The monoisotopic (exact) mass is 256 g/mol. The summed E-state index contributed by atoms with van der Waals surface area (Å²) in [4.78, 5) is 0. The molecule has 0 unspecified atom stereocenters. The van der Waals surface area contributed by atoms with Crippen LogP contribution >= 0.6 is 11.6 Å². The summed E-state index contributed by atoms with van der Waals surface area (Å²) in [5.41, 5.74) is 4.03. The molecule has 0 atom stereocenters. The fraction of sp³-hybridized carbons (Fsp3) is 0.133. The van der Waals surface area contributed by atoms with E-state index < -0.39 is 0 Å². The molecule has 18 heavy (non-hydrogen) atoms. The molecular weight excluding hydrogens is 244 g/mol. The van der Waals surface area contributed by atoms with Crippen molar-refractivity contribution < 1.29 is 0 Å². The molecule has 0 aliphatic carbocycles. The van der Waals surface area contributed by atoms with E-state index in [9.17, 15) is 0 Å². The third-order valence-corrected chi connectivity index (χ3v) is 3.19. The number of benzene rings is 2. The van der Waals surface area contributed by atoms with E-state index in [4.69, 9.17) is 16.9 Å². The van der Waals surface area contributed by atoms with Crippen molar-refractivity contribution in [1.82, 2.24) is 0 Å². The van der Waals surface area contributed by atoms with Crippen molar-refractivity contribution in [3.05, 3.63) is 58.6 Å². The summed E-state index contributed by atoms with van der Waals surface area (Å²) in [6.45, 7) is 1.98. The van der Waals surface area contributed by atoms with Crippen LogP contribution in [0.25, 0.3) is 0 Å². The van der Waals surface area contributed by atoms with Crippen LogP contribution in [0.15, 0.2) is 42.5 Å². The van der Waals surface area contributed by atoms with Crippen molar-refractivity contribution >= 4 is 23.0 Å². The van der Waals surface area contributed by atoms with E-state index in [0.29, 0.717) is 6.42 Å². The number of nitrogens with one attached hydrogen (secondary N) is 1. The van der Waals surface area contributed by atoms with Crippen LogP contribution in [0.5, 0.6) is 0 Å². The zero-order valence-corrected chi connectivity index (χ0v) is 10.8. The zero-order chi connectivity index (χ0) is 13.0. The fourth-order valence-corrected chi connectivity index (χ4v) is 1.87. The SMILES string of the molecule is Cc1c(Cl)cccc1Nc1ccc(CC#N)cc1. The highest BCUT2D eigenvalue weighted by Crippen LogP contribution is 2.26. The van der Waals surface area contributed by atoms with Gasteiger partial charge in [0.05, 0.1) is 12.5 Å². The lowest BCUT2D eigenvalue weighted by molar-refractivity contribution is 1.26. The minimum Gasteiger partial charge on any atom is -0.355 e. The predicted octanol–water partition coefficient (Wildman–Crippen LogP) is 4.46. The van der Waals surface area contributed by atoms with Gasteiger partial charge in [-0.05, 0) is 42.3 Å². The Hall–Kier alpha value is -1.98. The van der Waals surface area contributed by atoms with Crippen LogP contribution in [-0.4, -0.2) is 0 Å². The van der Waals surface area contributed by atoms with Crippen molar-refractivity contribution in [2.45, 2.75) is 13.3 Å². The fourth-order valence-electron chi connectivity index (χ4n) is 1.70. The van der Waals surface area contributed by atoms with Gasteiger partial charge in [0.2, 0.25) is 0 Å². The molecule has 0 bridgehead atoms. The van der Waals surface area contributed by atoms with E-state index in [0.717, 1.165) is 27.5 Å². The first kappa shape index (κ1) is 12.5. The molecule has 0 radical (unpaired) electrons. The minimum absolute atomic E-state index is 0.441. The van der Waals surface area contributed by atoms with Crippen molar-refractivity contribution in [3.8, 4) is 6.07 Å². The van der Waals surface area contributed by atoms with Crippen LogP contribution in [0, 0.1) is 18.3 Å². The molecule has 0 heterocycles. The molecule has 3 heteroatoms. The van der Waals surface area contributed by atoms with Gasteiger partial charge in [-0.1, -0.05) is 29.8 Å². The van der Waals surface area contributed by atoms with Crippen LogP contribution in [0.4, 0.5) is 11.4 Å². The Morgan fingerprint density at radius 3 is 2.56 bits per heavy atom. The quantitative estimate of drug-likeness (QED) is 0.880. The van der Waals surface area contributed by atoms with E-state index in [2.05, 4.69) is 11.4 Å². The average molecular weight is 257 g/mol. The number of hydrogen-bond donors (Lipinski definition) is 1. The Morgan fingerprint density at radius 1 is 1.17 bits per heavy atom. The van der Waals surface area contributed by atoms with Gasteiger partial charge in [0.15, 0.2) is 0 Å². The summed E-state index contributed by atoms with van der Waals surface area (Å²) in [5, 5.41) is 12.7. The standard InChI is InChI=1S/C15H13ClN2/c1-11-14(16)3-2-4-15(11)18-13-7-5-12(6-8-13)9-10-17/h2-8,18H,9H2,1H3. The Balaban J connectivity index is 2.19. The van der Waals surface area contributed by atoms with Gasteiger partial charge in [-0.15, -0.1) is 0 Å². The summed E-state index contributed by atoms with van der Waals surface area (Å²) in [6, 6.07) is 15.7. The van der Waals surface area contributed by atoms with Crippen LogP contribution in [0.3, 0.4) is 0 Å². The van der Waals surface area contributed by atoms with E-state index in [1.54, 1.807) is 0 Å². The summed E-state index contributed by atoms with van der Waals surface area (Å²) in [7, 11) is 0. The van der Waals surface area contributed by atoms with Gasteiger partial charge in [0.25, 0.3) is 0 Å².